The molecule has 1 aromatic carbocycles. The molecule has 1 aromatic rings. The van der Waals surface area contributed by atoms with E-state index in [1.165, 1.54) is 0 Å². The molecule has 0 aliphatic heterocycles. The number of benzene rings is 1. The van der Waals surface area contributed by atoms with Gasteiger partial charge in [-0.3, -0.25) is 4.79 Å². The molecule has 0 saturated carbocycles. The van der Waals surface area contributed by atoms with Gasteiger partial charge in [-0.15, -0.1) is 6.58 Å². The third kappa shape index (κ3) is 7.39. The van der Waals surface area contributed by atoms with E-state index in [4.69, 9.17) is 9.84 Å². The Labute approximate surface area is 114 Å². The number of rotatable bonds is 10. The molecule has 0 fully saturated rings. The first-order valence-electron chi connectivity index (χ1n) is 6.41. The first-order valence-corrected chi connectivity index (χ1v) is 6.41. The van der Waals surface area contributed by atoms with Crippen LogP contribution in [0.2, 0.25) is 0 Å². The average Bonchev–Trinajstić information content (AvgIpc) is 2.39. The van der Waals surface area contributed by atoms with Gasteiger partial charge in [0.05, 0.1) is 19.6 Å². The van der Waals surface area contributed by atoms with E-state index in [1.807, 2.05) is 30.3 Å². The van der Waals surface area contributed by atoms with E-state index in [2.05, 4.69) is 11.9 Å². The van der Waals surface area contributed by atoms with E-state index in [0.717, 1.165) is 37.2 Å². The van der Waals surface area contributed by atoms with E-state index in [9.17, 15) is 4.79 Å². The number of carbonyl (C=O) groups is 1. The predicted molar refractivity (Wildman–Crippen MR) is 75.1 cm³/mol. The highest BCUT2D eigenvalue weighted by molar-refractivity contribution is 5.70. The van der Waals surface area contributed by atoms with Crippen molar-refractivity contribution in [2.24, 2.45) is 0 Å². The molecule has 0 saturated heterocycles. The van der Waals surface area contributed by atoms with Crippen LogP contribution >= 0.6 is 0 Å². The van der Waals surface area contributed by atoms with Gasteiger partial charge in [-0.2, -0.15) is 0 Å². The van der Waals surface area contributed by atoms with Crippen molar-refractivity contribution in [2.45, 2.75) is 19.4 Å². The number of hydrogen-bond acceptors (Lipinski definition) is 3. The second kappa shape index (κ2) is 9.30. The van der Waals surface area contributed by atoms with Crippen LogP contribution < -0.4 is 5.32 Å². The molecule has 0 bridgehead atoms. The molecule has 0 aliphatic carbocycles. The Morgan fingerprint density at radius 3 is 2.58 bits per heavy atom. The van der Waals surface area contributed by atoms with Crippen molar-refractivity contribution in [3.05, 3.63) is 48.0 Å². The molecule has 4 heteroatoms. The monoisotopic (exact) mass is 263 g/mol. The van der Waals surface area contributed by atoms with Crippen molar-refractivity contribution in [3.8, 4) is 0 Å². The van der Waals surface area contributed by atoms with Crippen LogP contribution in [0, 0.1) is 0 Å². The lowest BCUT2D eigenvalue weighted by Gasteiger charge is -2.06. The summed E-state index contributed by atoms with van der Waals surface area (Å²) in [7, 11) is 0. The molecule has 0 heterocycles. The first-order chi connectivity index (χ1) is 9.22. The van der Waals surface area contributed by atoms with E-state index in [-0.39, 0.29) is 6.42 Å². The third-order valence-electron chi connectivity index (χ3n) is 2.60. The van der Waals surface area contributed by atoms with Crippen molar-refractivity contribution in [2.75, 3.05) is 19.8 Å². The lowest BCUT2D eigenvalue weighted by molar-refractivity contribution is -0.136. The lowest BCUT2D eigenvalue weighted by atomic mass is 10.1. The summed E-state index contributed by atoms with van der Waals surface area (Å²) in [6.45, 7) is 6.59. The minimum absolute atomic E-state index is 0.0743. The van der Waals surface area contributed by atoms with Gasteiger partial charge in [-0.25, -0.2) is 0 Å². The van der Waals surface area contributed by atoms with Crippen molar-refractivity contribution in [1.29, 1.82) is 0 Å². The van der Waals surface area contributed by atoms with Crippen LogP contribution in [0.1, 0.15) is 17.5 Å². The van der Waals surface area contributed by atoms with Gasteiger partial charge in [-0.1, -0.05) is 30.3 Å². The second-order valence-corrected chi connectivity index (χ2v) is 4.25. The minimum atomic E-state index is -0.803. The van der Waals surface area contributed by atoms with Gasteiger partial charge in [0, 0.05) is 13.1 Å². The van der Waals surface area contributed by atoms with E-state index < -0.39 is 5.97 Å². The first kappa shape index (κ1) is 15.4. The molecule has 0 aliphatic rings. The Kier molecular flexibility index (Phi) is 7.54. The lowest BCUT2D eigenvalue weighted by Crippen LogP contribution is -2.19. The molecule has 2 N–H and O–H groups in total. The van der Waals surface area contributed by atoms with Crippen LogP contribution in [-0.2, 0) is 22.5 Å². The predicted octanol–water partition coefficient (Wildman–Crippen LogP) is 2.00. The molecule has 0 atom stereocenters. The molecule has 0 unspecified atom stereocenters. The molecular weight excluding hydrogens is 242 g/mol. The number of hydrogen-bond donors (Lipinski definition) is 2. The van der Waals surface area contributed by atoms with E-state index >= 15 is 0 Å². The summed E-state index contributed by atoms with van der Waals surface area (Å²) in [5.41, 5.74) is 1.96. The Bertz CT molecular complexity index is 387. The third-order valence-corrected chi connectivity index (χ3v) is 2.60. The van der Waals surface area contributed by atoms with Crippen LogP contribution in [0.5, 0.6) is 0 Å². The zero-order valence-electron chi connectivity index (χ0n) is 11.1. The Morgan fingerprint density at radius 1 is 1.26 bits per heavy atom. The molecule has 0 radical (unpaired) electrons. The van der Waals surface area contributed by atoms with Crippen LogP contribution in [0.25, 0.3) is 0 Å². The Balaban J connectivity index is 2.15. The summed E-state index contributed by atoms with van der Waals surface area (Å²) in [4.78, 5) is 10.5. The molecule has 104 valence electrons. The van der Waals surface area contributed by atoms with Crippen molar-refractivity contribution < 1.29 is 14.6 Å². The SMILES string of the molecule is C=CCCOCCNCc1ccc(CC(=O)O)cc1. The molecule has 19 heavy (non-hydrogen) atoms. The average molecular weight is 263 g/mol. The number of ether oxygens (including phenoxy) is 1. The number of carboxylic acid groups (broad SMARTS) is 1. The van der Waals surface area contributed by atoms with E-state index in [0.29, 0.717) is 6.61 Å². The van der Waals surface area contributed by atoms with E-state index in [1.54, 1.807) is 0 Å². The van der Waals surface area contributed by atoms with Gasteiger partial charge >= 0.3 is 5.97 Å². The van der Waals surface area contributed by atoms with Gasteiger partial charge in [0.2, 0.25) is 0 Å². The molecule has 0 amide bonds. The Morgan fingerprint density at radius 2 is 1.95 bits per heavy atom. The summed E-state index contributed by atoms with van der Waals surface area (Å²) in [6, 6.07) is 7.60. The zero-order valence-corrected chi connectivity index (χ0v) is 11.1. The van der Waals surface area contributed by atoms with Gasteiger partial charge in [-0.05, 0) is 17.5 Å². The maximum absolute atomic E-state index is 10.5. The fraction of sp³-hybridized carbons (Fsp3) is 0.400. The van der Waals surface area contributed by atoms with Crippen molar-refractivity contribution in [1.82, 2.24) is 5.32 Å². The number of aliphatic carboxylic acids is 1. The summed E-state index contributed by atoms with van der Waals surface area (Å²) in [5.74, 6) is -0.803. The highest BCUT2D eigenvalue weighted by Crippen LogP contribution is 2.05. The second-order valence-electron chi connectivity index (χ2n) is 4.25. The molecule has 1 rings (SSSR count). The smallest absolute Gasteiger partial charge is 0.307 e. The highest BCUT2D eigenvalue weighted by atomic mass is 16.5. The van der Waals surface area contributed by atoms with Crippen molar-refractivity contribution >= 4 is 5.97 Å². The van der Waals surface area contributed by atoms with Crippen LogP contribution in [0.4, 0.5) is 0 Å². The molecule has 0 spiro atoms. The standard InChI is InChI=1S/C15H21NO3/c1-2-3-9-19-10-8-16-12-14-6-4-13(5-7-14)11-15(17)18/h2,4-7,16H,1,3,8-12H2,(H,17,18). The topological polar surface area (TPSA) is 58.6 Å². The molecule has 4 nitrogen and oxygen atoms in total. The molecular formula is C15H21NO3. The fourth-order valence-corrected chi connectivity index (χ4v) is 1.60. The van der Waals surface area contributed by atoms with Gasteiger partial charge in [0.1, 0.15) is 0 Å². The summed E-state index contributed by atoms with van der Waals surface area (Å²) < 4.78 is 5.38. The number of carboxylic acids is 1. The maximum Gasteiger partial charge on any atom is 0.307 e. The van der Waals surface area contributed by atoms with Gasteiger partial charge < -0.3 is 15.2 Å². The largest absolute Gasteiger partial charge is 0.481 e. The summed E-state index contributed by atoms with van der Waals surface area (Å²) in [6.07, 6.45) is 2.79. The van der Waals surface area contributed by atoms with Crippen molar-refractivity contribution in [3.63, 3.8) is 0 Å². The summed E-state index contributed by atoms with van der Waals surface area (Å²) in [5, 5.41) is 11.9. The highest BCUT2D eigenvalue weighted by Gasteiger charge is 2.00. The normalized spacial score (nSPS) is 10.3. The molecule has 0 aromatic heterocycles. The quantitative estimate of drug-likeness (QED) is 0.501. The Hall–Kier alpha value is -1.65. The zero-order chi connectivity index (χ0) is 13.9. The number of nitrogens with one attached hydrogen (secondary N) is 1. The van der Waals surface area contributed by atoms with Crippen LogP contribution in [0.15, 0.2) is 36.9 Å². The summed E-state index contributed by atoms with van der Waals surface area (Å²) >= 11 is 0. The van der Waals surface area contributed by atoms with Crippen LogP contribution in [0.3, 0.4) is 0 Å². The maximum atomic E-state index is 10.5. The van der Waals surface area contributed by atoms with Gasteiger partial charge in [0.25, 0.3) is 0 Å². The fourth-order valence-electron chi connectivity index (χ4n) is 1.60. The van der Waals surface area contributed by atoms with Crippen LogP contribution in [-0.4, -0.2) is 30.8 Å². The minimum Gasteiger partial charge on any atom is -0.481 e. The van der Waals surface area contributed by atoms with Gasteiger partial charge in [0.15, 0.2) is 0 Å².